The van der Waals surface area contributed by atoms with Gasteiger partial charge in [-0.25, -0.2) is 4.98 Å². The lowest BCUT2D eigenvalue weighted by atomic mass is 9.86. The first-order chi connectivity index (χ1) is 9.76. The van der Waals surface area contributed by atoms with Crippen molar-refractivity contribution in [3.8, 4) is 0 Å². The Hall–Kier alpha value is -0.870. The Labute approximate surface area is 121 Å². The molecule has 0 aromatic carbocycles. The van der Waals surface area contributed by atoms with E-state index in [-0.39, 0.29) is 11.6 Å². The van der Waals surface area contributed by atoms with Crippen LogP contribution >= 0.6 is 0 Å². The topological polar surface area (TPSA) is 41.3 Å². The fourth-order valence-corrected chi connectivity index (χ4v) is 4.19. The first kappa shape index (κ1) is 14.1. The third-order valence-electron chi connectivity index (χ3n) is 5.34. The van der Waals surface area contributed by atoms with E-state index in [0.717, 1.165) is 25.2 Å². The summed E-state index contributed by atoms with van der Waals surface area (Å²) >= 11 is 0. The molecular formula is C16H27N3O. The van der Waals surface area contributed by atoms with E-state index in [1.165, 1.54) is 38.8 Å². The summed E-state index contributed by atoms with van der Waals surface area (Å²) in [7, 11) is 0. The van der Waals surface area contributed by atoms with Gasteiger partial charge in [0.25, 0.3) is 0 Å². The van der Waals surface area contributed by atoms with Gasteiger partial charge in [0, 0.05) is 30.9 Å². The fraction of sp³-hybridized carbons (Fsp3) is 0.812. The summed E-state index contributed by atoms with van der Waals surface area (Å²) in [6.45, 7) is 5.39. The Bertz CT molecular complexity index is 431. The average Bonchev–Trinajstić information content (AvgIpc) is 3.19. The minimum atomic E-state index is -0.282. The molecule has 4 heteroatoms. The first-order valence-corrected chi connectivity index (χ1v) is 8.19. The summed E-state index contributed by atoms with van der Waals surface area (Å²) in [5.41, 5.74) is 0.0288. The second-order valence-electron chi connectivity index (χ2n) is 6.35. The quantitative estimate of drug-likeness (QED) is 0.897. The number of hydrogen-bond donors (Lipinski definition) is 1. The minimum Gasteiger partial charge on any atom is -0.391 e. The molecular weight excluding hydrogens is 250 g/mol. The summed E-state index contributed by atoms with van der Waals surface area (Å²) < 4.78 is 2.15. The molecule has 4 nitrogen and oxygen atoms in total. The van der Waals surface area contributed by atoms with Crippen LogP contribution in [0.1, 0.15) is 51.3 Å². The molecule has 1 aromatic heterocycles. The Balaban J connectivity index is 1.77. The van der Waals surface area contributed by atoms with Crippen LogP contribution in [0.4, 0.5) is 0 Å². The van der Waals surface area contributed by atoms with Gasteiger partial charge in [0.2, 0.25) is 0 Å². The van der Waals surface area contributed by atoms with Crippen molar-refractivity contribution in [2.45, 2.75) is 70.1 Å². The van der Waals surface area contributed by atoms with Crippen molar-refractivity contribution in [3.63, 3.8) is 0 Å². The zero-order valence-corrected chi connectivity index (χ0v) is 12.6. The first-order valence-electron chi connectivity index (χ1n) is 8.19. The van der Waals surface area contributed by atoms with E-state index < -0.39 is 0 Å². The molecule has 20 heavy (non-hydrogen) atoms. The van der Waals surface area contributed by atoms with Crippen molar-refractivity contribution in [3.05, 3.63) is 18.2 Å². The van der Waals surface area contributed by atoms with Crippen LogP contribution in [0, 0.1) is 0 Å². The molecule has 2 aliphatic rings. The van der Waals surface area contributed by atoms with Crippen LogP contribution in [0.15, 0.2) is 12.4 Å². The summed E-state index contributed by atoms with van der Waals surface area (Å²) in [6.07, 6.45) is 11.7. The highest BCUT2D eigenvalue weighted by Crippen LogP contribution is 2.40. The van der Waals surface area contributed by atoms with Crippen molar-refractivity contribution in [2.24, 2.45) is 0 Å². The highest BCUT2D eigenvalue weighted by molar-refractivity contribution is 5.06. The van der Waals surface area contributed by atoms with Crippen molar-refractivity contribution in [1.82, 2.24) is 14.5 Å². The van der Waals surface area contributed by atoms with Crippen molar-refractivity contribution < 1.29 is 5.11 Å². The van der Waals surface area contributed by atoms with Gasteiger partial charge >= 0.3 is 0 Å². The Morgan fingerprint density at radius 3 is 2.60 bits per heavy atom. The maximum Gasteiger partial charge on any atom is 0.111 e. The van der Waals surface area contributed by atoms with Crippen LogP contribution in [0.2, 0.25) is 0 Å². The Morgan fingerprint density at radius 1 is 1.25 bits per heavy atom. The molecule has 1 aliphatic carbocycles. The molecule has 2 heterocycles. The van der Waals surface area contributed by atoms with Crippen LogP contribution < -0.4 is 0 Å². The number of aliphatic hydroxyl groups excluding tert-OH is 1. The van der Waals surface area contributed by atoms with Gasteiger partial charge in [-0.2, -0.15) is 0 Å². The summed E-state index contributed by atoms with van der Waals surface area (Å²) in [5, 5.41) is 11.0. The molecule has 0 spiro atoms. The number of imidazole rings is 1. The SMILES string of the molecule is CCn1ccnc1CC(O)C1(N2CCCC2)CCCC1. The van der Waals surface area contributed by atoms with Gasteiger partial charge < -0.3 is 9.67 Å². The number of aliphatic hydroxyl groups is 1. The third kappa shape index (κ3) is 2.40. The lowest BCUT2D eigenvalue weighted by molar-refractivity contribution is -0.0185. The lowest BCUT2D eigenvalue weighted by Crippen LogP contribution is -2.54. The number of nitrogens with zero attached hydrogens (tertiary/aromatic N) is 3. The zero-order valence-electron chi connectivity index (χ0n) is 12.6. The summed E-state index contributed by atoms with van der Waals surface area (Å²) in [6, 6.07) is 0. The summed E-state index contributed by atoms with van der Waals surface area (Å²) in [5.74, 6) is 1.03. The maximum absolute atomic E-state index is 11.0. The molecule has 0 amide bonds. The van der Waals surface area contributed by atoms with Gasteiger partial charge in [-0.3, -0.25) is 4.90 Å². The van der Waals surface area contributed by atoms with Crippen molar-refractivity contribution in [1.29, 1.82) is 0 Å². The Kier molecular flexibility index (Phi) is 4.13. The third-order valence-corrected chi connectivity index (χ3v) is 5.34. The van der Waals surface area contributed by atoms with Crippen LogP contribution in [0.3, 0.4) is 0 Å². The van der Waals surface area contributed by atoms with Gasteiger partial charge in [0.1, 0.15) is 5.82 Å². The largest absolute Gasteiger partial charge is 0.391 e. The maximum atomic E-state index is 11.0. The van der Waals surface area contributed by atoms with Gasteiger partial charge in [-0.1, -0.05) is 12.8 Å². The van der Waals surface area contributed by atoms with Gasteiger partial charge in [-0.05, 0) is 45.7 Å². The molecule has 3 rings (SSSR count). The van der Waals surface area contributed by atoms with Crippen LogP contribution in [0.5, 0.6) is 0 Å². The van der Waals surface area contributed by atoms with E-state index in [1.54, 1.807) is 0 Å². The van der Waals surface area contributed by atoms with E-state index in [2.05, 4.69) is 21.4 Å². The molecule has 0 bridgehead atoms. The smallest absolute Gasteiger partial charge is 0.111 e. The predicted molar refractivity (Wildman–Crippen MR) is 79.6 cm³/mol. The molecule has 1 unspecified atom stereocenters. The monoisotopic (exact) mass is 277 g/mol. The second kappa shape index (κ2) is 5.86. The molecule has 112 valence electrons. The molecule has 1 saturated carbocycles. The predicted octanol–water partition coefficient (Wildman–Crippen LogP) is 2.21. The molecule has 1 atom stereocenters. The number of likely N-dealkylation sites (tertiary alicyclic amines) is 1. The zero-order chi connectivity index (χ0) is 14.0. The molecule has 0 radical (unpaired) electrons. The van der Waals surface area contributed by atoms with E-state index in [4.69, 9.17) is 0 Å². The summed E-state index contributed by atoms with van der Waals surface area (Å²) in [4.78, 5) is 7.01. The number of aryl methyl sites for hydroxylation is 1. The van der Waals surface area contributed by atoms with E-state index in [1.807, 2.05) is 12.4 Å². The number of aromatic nitrogens is 2. The lowest BCUT2D eigenvalue weighted by Gasteiger charge is -2.42. The second-order valence-corrected chi connectivity index (χ2v) is 6.35. The minimum absolute atomic E-state index is 0.0288. The normalized spacial score (nSPS) is 24.3. The van der Waals surface area contributed by atoms with Gasteiger partial charge in [0.15, 0.2) is 0 Å². The van der Waals surface area contributed by atoms with Gasteiger partial charge in [0.05, 0.1) is 6.10 Å². The van der Waals surface area contributed by atoms with Gasteiger partial charge in [-0.15, -0.1) is 0 Å². The van der Waals surface area contributed by atoms with Crippen LogP contribution in [-0.4, -0.2) is 44.3 Å². The molecule has 1 aliphatic heterocycles. The van der Waals surface area contributed by atoms with Crippen LogP contribution in [0.25, 0.3) is 0 Å². The van der Waals surface area contributed by atoms with E-state index in [9.17, 15) is 5.11 Å². The molecule has 2 fully saturated rings. The number of rotatable bonds is 5. The van der Waals surface area contributed by atoms with E-state index >= 15 is 0 Å². The fourth-order valence-electron chi connectivity index (χ4n) is 4.19. The molecule has 1 N–H and O–H groups in total. The van der Waals surface area contributed by atoms with Crippen molar-refractivity contribution >= 4 is 0 Å². The number of hydrogen-bond acceptors (Lipinski definition) is 3. The average molecular weight is 277 g/mol. The van der Waals surface area contributed by atoms with Crippen LogP contribution in [-0.2, 0) is 13.0 Å². The molecule has 1 saturated heterocycles. The highest BCUT2D eigenvalue weighted by atomic mass is 16.3. The van der Waals surface area contributed by atoms with Crippen molar-refractivity contribution in [2.75, 3.05) is 13.1 Å². The Morgan fingerprint density at radius 2 is 1.95 bits per heavy atom. The standard InChI is InChI=1S/C16H27N3O/c1-2-18-12-9-17-15(18)13-14(20)16(7-3-4-8-16)19-10-5-6-11-19/h9,12,14,20H,2-8,10-11,13H2,1H3. The van der Waals surface area contributed by atoms with E-state index in [0.29, 0.717) is 6.42 Å². The highest BCUT2D eigenvalue weighted by Gasteiger charge is 2.46. The molecule has 1 aromatic rings.